The van der Waals surface area contributed by atoms with Crippen LogP contribution in [-0.2, 0) is 16.6 Å². The van der Waals surface area contributed by atoms with Crippen LogP contribution in [0.25, 0.3) is 0 Å². The van der Waals surface area contributed by atoms with Crippen molar-refractivity contribution in [1.82, 2.24) is 14.8 Å². The molecule has 8 nitrogen and oxygen atoms in total. The number of carbonyl (C=O) groups is 4. The van der Waals surface area contributed by atoms with Gasteiger partial charge in [0, 0.05) is 31.9 Å². The SMILES string of the molecule is CC(=O)c1cc(C(=O)OC(C)C(=O)N2CCNC2=O)n(C)c1. The number of rotatable bonds is 4. The second kappa shape index (κ2) is 6.00. The number of urea groups is 1. The van der Waals surface area contributed by atoms with Crippen LogP contribution in [0.2, 0.25) is 0 Å². The van der Waals surface area contributed by atoms with Gasteiger partial charge < -0.3 is 14.6 Å². The molecule has 3 amide bonds. The third-order valence-corrected chi connectivity index (χ3v) is 3.38. The maximum atomic E-state index is 12.1. The highest BCUT2D eigenvalue weighted by molar-refractivity contribution is 6.00. The van der Waals surface area contributed by atoms with Gasteiger partial charge in [0.25, 0.3) is 5.91 Å². The summed E-state index contributed by atoms with van der Waals surface area (Å²) in [5, 5.41) is 2.50. The van der Waals surface area contributed by atoms with Gasteiger partial charge in [-0.2, -0.15) is 0 Å². The van der Waals surface area contributed by atoms with Crippen molar-refractivity contribution < 1.29 is 23.9 Å². The van der Waals surface area contributed by atoms with E-state index >= 15 is 0 Å². The molecule has 2 rings (SSSR count). The van der Waals surface area contributed by atoms with E-state index in [4.69, 9.17) is 4.74 Å². The lowest BCUT2D eigenvalue weighted by Gasteiger charge is -2.18. The normalized spacial score (nSPS) is 15.4. The summed E-state index contributed by atoms with van der Waals surface area (Å²) in [6.07, 6.45) is 0.423. The highest BCUT2D eigenvalue weighted by atomic mass is 16.5. The molecule has 22 heavy (non-hydrogen) atoms. The molecular weight excluding hydrogens is 290 g/mol. The number of nitrogens with one attached hydrogen (secondary N) is 1. The summed E-state index contributed by atoms with van der Waals surface area (Å²) < 4.78 is 6.55. The van der Waals surface area contributed by atoms with Crippen molar-refractivity contribution in [2.24, 2.45) is 7.05 Å². The summed E-state index contributed by atoms with van der Waals surface area (Å²) in [5.41, 5.74) is 0.545. The number of ketones is 1. The molecule has 0 saturated carbocycles. The van der Waals surface area contributed by atoms with Gasteiger partial charge in [-0.3, -0.25) is 14.5 Å². The van der Waals surface area contributed by atoms with E-state index in [1.165, 1.54) is 30.7 Å². The molecule has 1 fully saturated rings. The predicted octanol–water partition coefficient (Wildman–Crippen LogP) is 0.325. The molecule has 118 valence electrons. The second-order valence-corrected chi connectivity index (χ2v) is 5.05. The summed E-state index contributed by atoms with van der Waals surface area (Å²) in [7, 11) is 1.60. The number of nitrogens with zero attached hydrogens (tertiary/aromatic N) is 2. The number of imide groups is 1. The minimum absolute atomic E-state index is 0.163. The van der Waals surface area contributed by atoms with Crippen LogP contribution < -0.4 is 5.32 Å². The van der Waals surface area contributed by atoms with Gasteiger partial charge in [-0.25, -0.2) is 9.59 Å². The Labute approximate surface area is 127 Å². The van der Waals surface area contributed by atoms with E-state index in [0.29, 0.717) is 12.1 Å². The first kappa shape index (κ1) is 15.7. The predicted molar refractivity (Wildman–Crippen MR) is 75.4 cm³/mol. The van der Waals surface area contributed by atoms with Crippen LogP contribution >= 0.6 is 0 Å². The topological polar surface area (TPSA) is 97.7 Å². The Hall–Kier alpha value is -2.64. The lowest BCUT2D eigenvalue weighted by molar-refractivity contribution is -0.136. The van der Waals surface area contributed by atoms with Gasteiger partial charge in [-0.1, -0.05) is 0 Å². The Balaban J connectivity index is 2.06. The zero-order valence-corrected chi connectivity index (χ0v) is 12.6. The quantitative estimate of drug-likeness (QED) is 0.638. The van der Waals surface area contributed by atoms with Gasteiger partial charge in [0.05, 0.1) is 0 Å². The minimum atomic E-state index is -1.09. The van der Waals surface area contributed by atoms with Crippen LogP contribution in [-0.4, -0.2) is 52.4 Å². The Morgan fingerprint density at radius 1 is 1.36 bits per heavy atom. The first-order chi connectivity index (χ1) is 10.3. The van der Waals surface area contributed by atoms with Crippen LogP contribution in [0, 0.1) is 0 Å². The van der Waals surface area contributed by atoms with Crippen molar-refractivity contribution in [3.8, 4) is 0 Å². The number of amides is 3. The van der Waals surface area contributed by atoms with Crippen LogP contribution in [0.4, 0.5) is 4.79 Å². The Bertz CT molecular complexity index is 649. The molecule has 1 aromatic rings. The number of esters is 1. The summed E-state index contributed by atoms with van der Waals surface area (Å²) >= 11 is 0. The van der Waals surface area contributed by atoms with E-state index in [2.05, 4.69) is 5.32 Å². The minimum Gasteiger partial charge on any atom is -0.448 e. The molecule has 0 radical (unpaired) electrons. The third kappa shape index (κ3) is 3.00. The number of hydrogen-bond acceptors (Lipinski definition) is 5. The Morgan fingerprint density at radius 2 is 2.05 bits per heavy atom. The Kier molecular flexibility index (Phi) is 4.30. The molecule has 1 unspecified atom stereocenters. The fraction of sp³-hybridized carbons (Fsp3) is 0.429. The van der Waals surface area contributed by atoms with Crippen LogP contribution in [0.3, 0.4) is 0 Å². The number of hydrogen-bond donors (Lipinski definition) is 1. The lowest BCUT2D eigenvalue weighted by Crippen LogP contribution is -2.41. The van der Waals surface area contributed by atoms with Gasteiger partial charge in [-0.05, 0) is 19.9 Å². The van der Waals surface area contributed by atoms with Gasteiger partial charge in [0.2, 0.25) is 0 Å². The zero-order chi connectivity index (χ0) is 16.4. The number of aromatic nitrogens is 1. The lowest BCUT2D eigenvalue weighted by atomic mass is 10.2. The van der Waals surface area contributed by atoms with Crippen molar-refractivity contribution in [2.75, 3.05) is 13.1 Å². The molecule has 2 heterocycles. The molecule has 8 heteroatoms. The smallest absolute Gasteiger partial charge is 0.355 e. The molecular formula is C14H17N3O5. The highest BCUT2D eigenvalue weighted by Gasteiger charge is 2.32. The number of carbonyl (C=O) groups excluding carboxylic acids is 4. The monoisotopic (exact) mass is 307 g/mol. The number of Topliss-reactive ketones (excluding diaryl/α,β-unsaturated/α-hetero) is 1. The first-order valence-electron chi connectivity index (χ1n) is 6.78. The van der Waals surface area contributed by atoms with Crippen molar-refractivity contribution in [3.63, 3.8) is 0 Å². The van der Waals surface area contributed by atoms with E-state index < -0.39 is 24.0 Å². The fourth-order valence-electron chi connectivity index (χ4n) is 2.13. The molecule has 1 saturated heterocycles. The van der Waals surface area contributed by atoms with E-state index in [9.17, 15) is 19.2 Å². The molecule has 0 bridgehead atoms. The summed E-state index contributed by atoms with van der Waals surface area (Å²) in [5.74, 6) is -1.48. The third-order valence-electron chi connectivity index (χ3n) is 3.38. The zero-order valence-electron chi connectivity index (χ0n) is 12.6. The molecule has 1 atom stereocenters. The standard InChI is InChI=1S/C14H17N3O5/c1-8(18)10-6-11(16(3)7-10)13(20)22-9(2)12(19)17-5-4-15-14(17)21/h6-7,9H,4-5H2,1-3H3,(H,15,21). The molecule has 1 N–H and O–H groups in total. The van der Waals surface area contributed by atoms with Gasteiger partial charge in [0.15, 0.2) is 11.9 Å². The van der Waals surface area contributed by atoms with Crippen LogP contribution in [0.15, 0.2) is 12.3 Å². The number of ether oxygens (including phenoxy) is 1. The average Bonchev–Trinajstić information content (AvgIpc) is 3.03. The maximum absolute atomic E-state index is 12.1. The van der Waals surface area contributed by atoms with Crippen molar-refractivity contribution >= 4 is 23.7 Å². The number of aryl methyl sites for hydroxylation is 1. The molecule has 0 aromatic carbocycles. The maximum Gasteiger partial charge on any atom is 0.355 e. The van der Waals surface area contributed by atoms with Crippen molar-refractivity contribution in [3.05, 3.63) is 23.5 Å². The largest absolute Gasteiger partial charge is 0.448 e. The molecule has 1 aromatic heterocycles. The van der Waals surface area contributed by atoms with Crippen molar-refractivity contribution in [2.45, 2.75) is 20.0 Å². The summed E-state index contributed by atoms with van der Waals surface area (Å²) in [6.45, 7) is 3.42. The second-order valence-electron chi connectivity index (χ2n) is 5.05. The first-order valence-corrected chi connectivity index (χ1v) is 6.78. The van der Waals surface area contributed by atoms with Crippen LogP contribution in [0.5, 0.6) is 0 Å². The molecule has 1 aliphatic rings. The molecule has 1 aliphatic heterocycles. The fourth-order valence-corrected chi connectivity index (χ4v) is 2.13. The Morgan fingerprint density at radius 3 is 2.55 bits per heavy atom. The van der Waals surface area contributed by atoms with E-state index in [1.807, 2.05) is 0 Å². The molecule has 0 aliphatic carbocycles. The average molecular weight is 307 g/mol. The van der Waals surface area contributed by atoms with E-state index in [0.717, 1.165) is 4.90 Å². The van der Waals surface area contributed by atoms with E-state index in [1.54, 1.807) is 7.05 Å². The highest BCUT2D eigenvalue weighted by Crippen LogP contribution is 2.12. The van der Waals surface area contributed by atoms with Crippen molar-refractivity contribution in [1.29, 1.82) is 0 Å². The van der Waals surface area contributed by atoms with Gasteiger partial charge in [0.1, 0.15) is 5.69 Å². The van der Waals surface area contributed by atoms with Crippen LogP contribution in [0.1, 0.15) is 34.7 Å². The van der Waals surface area contributed by atoms with E-state index in [-0.39, 0.29) is 18.0 Å². The van der Waals surface area contributed by atoms with Gasteiger partial charge >= 0.3 is 12.0 Å². The molecule has 0 spiro atoms. The van der Waals surface area contributed by atoms with Gasteiger partial charge in [-0.15, -0.1) is 0 Å². The summed E-state index contributed by atoms with van der Waals surface area (Å²) in [6, 6.07) is 0.912. The summed E-state index contributed by atoms with van der Waals surface area (Å²) in [4.78, 5) is 47.9.